The summed E-state index contributed by atoms with van der Waals surface area (Å²) in [6, 6.07) is 16.8. The lowest BCUT2D eigenvalue weighted by molar-refractivity contribution is -0.275. The average molecular weight is 549 g/mol. The molecule has 204 valence electrons. The highest BCUT2D eigenvalue weighted by Gasteiger charge is 2.45. The van der Waals surface area contributed by atoms with Gasteiger partial charge in [-0.05, 0) is 53.4 Å². The molecule has 38 heavy (non-hydrogen) atoms. The van der Waals surface area contributed by atoms with Gasteiger partial charge in [-0.25, -0.2) is 0 Å². The first-order valence-corrected chi connectivity index (χ1v) is 11.3. The lowest BCUT2D eigenvalue weighted by atomic mass is 9.72. The Bertz CT molecular complexity index is 1250. The number of nitrogens with zero attached hydrogens (tertiary/aromatic N) is 1. The van der Waals surface area contributed by atoms with Gasteiger partial charge in [0.2, 0.25) is 0 Å². The molecule has 0 aliphatic carbocycles. The van der Waals surface area contributed by atoms with Gasteiger partial charge in [-0.3, -0.25) is 0 Å². The van der Waals surface area contributed by atoms with Crippen molar-refractivity contribution in [3.05, 3.63) is 89.5 Å². The Balaban J connectivity index is 1.78. The molecule has 3 aromatic carbocycles. The Morgan fingerprint density at radius 2 is 1.34 bits per heavy atom. The van der Waals surface area contributed by atoms with Crippen molar-refractivity contribution in [3.8, 4) is 11.5 Å². The lowest BCUT2D eigenvalue weighted by Crippen LogP contribution is -2.38. The summed E-state index contributed by atoms with van der Waals surface area (Å²) >= 11 is 0. The third kappa shape index (κ3) is 6.65. The molecule has 0 aromatic heterocycles. The highest BCUT2D eigenvalue weighted by atomic mass is 19.4. The number of para-hydroxylation sites is 1. The van der Waals surface area contributed by atoms with Crippen molar-refractivity contribution in [1.29, 1.82) is 0 Å². The van der Waals surface area contributed by atoms with Crippen LogP contribution in [0.3, 0.4) is 0 Å². The van der Waals surface area contributed by atoms with Crippen LogP contribution in [-0.4, -0.2) is 32.0 Å². The molecule has 12 heteroatoms. The predicted octanol–water partition coefficient (Wildman–Crippen LogP) is 7.79. The van der Waals surface area contributed by atoms with Gasteiger partial charge in [-0.1, -0.05) is 42.5 Å². The zero-order valence-corrected chi connectivity index (χ0v) is 19.4. The molecule has 1 unspecified atom stereocenters. The fourth-order valence-electron chi connectivity index (χ4n) is 4.79. The largest absolute Gasteiger partial charge is 0.573 e. The summed E-state index contributed by atoms with van der Waals surface area (Å²) in [5.74, 6) is -0.962. The Hall–Kier alpha value is -3.57. The van der Waals surface area contributed by atoms with Crippen LogP contribution < -0.4 is 14.4 Å². The van der Waals surface area contributed by atoms with Crippen LogP contribution in [0, 0.1) is 0 Å². The smallest absolute Gasteiger partial charge is 0.406 e. The van der Waals surface area contributed by atoms with E-state index in [0.717, 1.165) is 18.2 Å². The maximum absolute atomic E-state index is 13.1. The zero-order chi connectivity index (χ0) is 27.8. The van der Waals surface area contributed by atoms with Gasteiger partial charge >= 0.3 is 18.9 Å². The number of hydrogen-bond acceptors (Lipinski definition) is 3. The molecule has 0 radical (unpaired) electrons. The summed E-state index contributed by atoms with van der Waals surface area (Å²) in [6.07, 6.45) is -15.4. The van der Waals surface area contributed by atoms with E-state index < -0.39 is 42.2 Å². The van der Waals surface area contributed by atoms with Crippen molar-refractivity contribution in [2.75, 3.05) is 18.0 Å². The summed E-state index contributed by atoms with van der Waals surface area (Å²) < 4.78 is 124. The van der Waals surface area contributed by atoms with Gasteiger partial charge in [0.1, 0.15) is 11.5 Å². The zero-order valence-electron chi connectivity index (χ0n) is 19.4. The molecule has 0 N–H and O–H groups in total. The molecule has 1 heterocycles. The monoisotopic (exact) mass is 549 g/mol. The quantitative estimate of drug-likeness (QED) is 0.281. The van der Waals surface area contributed by atoms with Crippen LogP contribution in [0.25, 0.3) is 0 Å². The van der Waals surface area contributed by atoms with Gasteiger partial charge in [0, 0.05) is 24.2 Å². The molecular formula is C26H20F9NO2. The summed E-state index contributed by atoms with van der Waals surface area (Å²) in [5.41, 5.74) is 0.824. The summed E-state index contributed by atoms with van der Waals surface area (Å²) in [7, 11) is 0. The number of rotatable bonds is 7. The van der Waals surface area contributed by atoms with Gasteiger partial charge in [-0.15, -0.1) is 26.3 Å². The normalized spacial score (nSPS) is 17.9. The highest BCUT2D eigenvalue weighted by Crippen LogP contribution is 2.48. The first-order valence-electron chi connectivity index (χ1n) is 11.3. The van der Waals surface area contributed by atoms with Crippen molar-refractivity contribution in [1.82, 2.24) is 0 Å². The summed E-state index contributed by atoms with van der Waals surface area (Å²) in [6.45, 7) is -0.374. The topological polar surface area (TPSA) is 21.7 Å². The van der Waals surface area contributed by atoms with Crippen molar-refractivity contribution in [3.63, 3.8) is 0 Å². The Morgan fingerprint density at radius 3 is 1.97 bits per heavy atom. The molecular weight excluding hydrogens is 529 g/mol. The number of hydrogen-bond donors (Lipinski definition) is 0. The number of halogens is 9. The van der Waals surface area contributed by atoms with Gasteiger partial charge < -0.3 is 14.4 Å². The van der Waals surface area contributed by atoms with E-state index in [1.165, 1.54) is 29.2 Å². The maximum Gasteiger partial charge on any atom is 0.573 e. The van der Waals surface area contributed by atoms with Crippen LogP contribution in [-0.2, 0) is 11.8 Å². The fraction of sp³-hybridized carbons (Fsp3) is 0.308. The molecule has 4 rings (SSSR count). The number of benzene rings is 3. The second-order valence-corrected chi connectivity index (χ2v) is 8.83. The third-order valence-corrected chi connectivity index (χ3v) is 6.16. The minimum atomic E-state index is -4.93. The fourth-order valence-corrected chi connectivity index (χ4v) is 4.79. The maximum atomic E-state index is 13.1. The van der Waals surface area contributed by atoms with Crippen LogP contribution in [0.2, 0.25) is 0 Å². The molecule has 1 atom stereocenters. The van der Waals surface area contributed by atoms with Crippen molar-refractivity contribution < 1.29 is 49.0 Å². The van der Waals surface area contributed by atoms with Crippen molar-refractivity contribution in [2.45, 2.75) is 37.2 Å². The molecule has 0 saturated heterocycles. The van der Waals surface area contributed by atoms with E-state index in [4.69, 9.17) is 0 Å². The highest BCUT2D eigenvalue weighted by molar-refractivity contribution is 5.67. The number of fused-ring (bicyclic) bond motifs is 1. The van der Waals surface area contributed by atoms with E-state index in [0.29, 0.717) is 22.4 Å². The number of anilines is 1. The summed E-state index contributed by atoms with van der Waals surface area (Å²) in [5, 5.41) is 0. The van der Waals surface area contributed by atoms with Crippen molar-refractivity contribution >= 4 is 5.69 Å². The first kappa shape index (κ1) is 27.5. The Kier molecular flexibility index (Phi) is 7.19. The number of ether oxygens (including phenoxy) is 2. The Labute approximate surface area is 211 Å². The van der Waals surface area contributed by atoms with E-state index >= 15 is 0 Å². The summed E-state index contributed by atoms with van der Waals surface area (Å²) in [4.78, 5) is 1.53. The molecule has 1 aliphatic heterocycles. The van der Waals surface area contributed by atoms with Gasteiger partial charge in [0.05, 0.1) is 6.42 Å². The molecule has 3 nitrogen and oxygen atoms in total. The molecule has 0 saturated carbocycles. The van der Waals surface area contributed by atoms with E-state index in [-0.39, 0.29) is 19.5 Å². The van der Waals surface area contributed by atoms with Crippen molar-refractivity contribution in [2.24, 2.45) is 0 Å². The van der Waals surface area contributed by atoms with E-state index in [2.05, 4.69) is 9.47 Å². The van der Waals surface area contributed by atoms with Gasteiger partial charge in [-0.2, -0.15) is 13.2 Å². The molecule has 0 fully saturated rings. The van der Waals surface area contributed by atoms with Crippen LogP contribution in [0.15, 0.2) is 72.8 Å². The third-order valence-electron chi connectivity index (χ3n) is 6.16. The molecule has 3 aromatic rings. The second-order valence-electron chi connectivity index (χ2n) is 8.83. The van der Waals surface area contributed by atoms with E-state index in [9.17, 15) is 39.5 Å². The van der Waals surface area contributed by atoms with Crippen LogP contribution >= 0.6 is 0 Å². The van der Waals surface area contributed by atoms with Crippen LogP contribution in [0.5, 0.6) is 11.5 Å². The Morgan fingerprint density at radius 1 is 0.711 bits per heavy atom. The standard InChI is InChI=1S/C26H20F9NO2/c27-24(28,29)12-13-36-16-23(21-6-1-2-7-22(21)36,18-8-10-19(11-9-18)37-25(30,31)32)15-17-4-3-5-20(14-17)38-26(33,34)35/h1-11,14H,12-13,15-16H2. The SMILES string of the molecule is FC(F)(F)CCN1CC(Cc2cccc(OC(F)(F)F)c2)(c2ccc(OC(F)(F)F)cc2)c2ccccc21. The lowest BCUT2D eigenvalue weighted by Gasteiger charge is -2.32. The molecule has 0 amide bonds. The van der Waals surface area contributed by atoms with Gasteiger partial charge in [0.25, 0.3) is 0 Å². The molecule has 1 aliphatic rings. The number of alkyl halides is 9. The average Bonchev–Trinajstić information content (AvgIpc) is 3.10. The van der Waals surface area contributed by atoms with E-state index in [1.807, 2.05) is 0 Å². The van der Waals surface area contributed by atoms with Gasteiger partial charge in [0.15, 0.2) is 0 Å². The predicted molar refractivity (Wildman–Crippen MR) is 120 cm³/mol. The minimum absolute atomic E-state index is 0.00621. The second kappa shape index (κ2) is 9.95. The van der Waals surface area contributed by atoms with Crippen LogP contribution in [0.1, 0.15) is 23.1 Å². The minimum Gasteiger partial charge on any atom is -0.406 e. The first-order chi connectivity index (χ1) is 17.6. The molecule has 0 bridgehead atoms. The van der Waals surface area contributed by atoms with E-state index in [1.54, 1.807) is 30.3 Å². The molecule has 0 spiro atoms. The van der Waals surface area contributed by atoms with Crippen LogP contribution in [0.4, 0.5) is 45.2 Å².